The first-order chi connectivity index (χ1) is 11.4. The molecule has 3 heterocycles. The minimum absolute atomic E-state index is 0.0108. The fourth-order valence-corrected chi connectivity index (χ4v) is 6.07. The van der Waals surface area contributed by atoms with Crippen LogP contribution in [0.15, 0.2) is 23.1 Å². The number of carboxylic acids is 1. The second kappa shape index (κ2) is 5.31. The van der Waals surface area contributed by atoms with Crippen molar-refractivity contribution in [3.8, 4) is 0 Å². The van der Waals surface area contributed by atoms with E-state index >= 15 is 0 Å². The average molecular weight is 349 g/mol. The molecular weight excluding hydrogens is 330 g/mol. The van der Waals surface area contributed by atoms with Crippen molar-refractivity contribution < 1.29 is 23.1 Å². The highest BCUT2D eigenvalue weighted by molar-refractivity contribution is 7.91. The molecule has 6 nitrogen and oxygen atoms in total. The Kier molecular flexibility index (Phi) is 3.46. The SMILES string of the molecule is O=C(O)[C@@H]1C[C@H]2CC[C@@H]1N2C(=O)c1ccc2c(c1)CCCS2(=O)=O. The summed E-state index contributed by atoms with van der Waals surface area (Å²) in [4.78, 5) is 26.3. The van der Waals surface area contributed by atoms with Crippen LogP contribution in [0, 0.1) is 5.92 Å². The minimum Gasteiger partial charge on any atom is -0.481 e. The van der Waals surface area contributed by atoms with Crippen molar-refractivity contribution >= 4 is 21.7 Å². The molecule has 2 bridgehead atoms. The Morgan fingerprint density at radius 3 is 2.71 bits per heavy atom. The fourth-order valence-electron chi connectivity index (χ4n) is 4.49. The van der Waals surface area contributed by atoms with E-state index in [4.69, 9.17) is 0 Å². The average Bonchev–Trinajstić information content (AvgIpc) is 3.11. The Balaban J connectivity index is 1.66. The number of amides is 1. The van der Waals surface area contributed by atoms with Gasteiger partial charge in [-0.25, -0.2) is 8.42 Å². The van der Waals surface area contributed by atoms with Gasteiger partial charge < -0.3 is 10.0 Å². The van der Waals surface area contributed by atoms with Crippen molar-refractivity contribution in [2.45, 2.75) is 49.1 Å². The van der Waals surface area contributed by atoms with Gasteiger partial charge in [0, 0.05) is 17.6 Å². The summed E-state index contributed by atoms with van der Waals surface area (Å²) in [5.41, 5.74) is 1.17. The number of hydrogen-bond donors (Lipinski definition) is 1. The van der Waals surface area contributed by atoms with Crippen molar-refractivity contribution in [1.29, 1.82) is 0 Å². The summed E-state index contributed by atoms with van der Waals surface area (Å²) in [6.45, 7) is 0. The Hall–Kier alpha value is -1.89. The second-order valence-corrected chi connectivity index (χ2v) is 9.01. The van der Waals surface area contributed by atoms with E-state index in [9.17, 15) is 23.1 Å². The van der Waals surface area contributed by atoms with Gasteiger partial charge in [-0.15, -0.1) is 0 Å². The zero-order valence-corrected chi connectivity index (χ0v) is 14.0. The van der Waals surface area contributed by atoms with Crippen LogP contribution in [0.4, 0.5) is 0 Å². The molecule has 3 atom stereocenters. The lowest BCUT2D eigenvalue weighted by Crippen LogP contribution is -2.38. The zero-order chi connectivity index (χ0) is 17.1. The largest absolute Gasteiger partial charge is 0.481 e. The molecule has 0 aliphatic carbocycles. The van der Waals surface area contributed by atoms with E-state index in [2.05, 4.69) is 0 Å². The van der Waals surface area contributed by atoms with Gasteiger partial charge in [-0.05, 0) is 55.9 Å². The molecule has 1 aromatic carbocycles. The molecule has 0 aromatic heterocycles. The number of aryl methyl sites for hydroxylation is 1. The molecule has 0 radical (unpaired) electrons. The highest BCUT2D eigenvalue weighted by Gasteiger charge is 2.51. The van der Waals surface area contributed by atoms with E-state index < -0.39 is 21.7 Å². The predicted molar refractivity (Wildman–Crippen MR) is 85.5 cm³/mol. The van der Waals surface area contributed by atoms with Crippen LogP contribution in [0.1, 0.15) is 41.6 Å². The number of sulfone groups is 1. The number of carbonyl (C=O) groups is 2. The van der Waals surface area contributed by atoms with E-state index in [-0.39, 0.29) is 23.7 Å². The van der Waals surface area contributed by atoms with Crippen molar-refractivity contribution in [1.82, 2.24) is 4.90 Å². The molecule has 128 valence electrons. The number of carbonyl (C=O) groups excluding carboxylic acids is 1. The standard InChI is InChI=1S/C17H19NO5S/c19-16(18-12-4-5-14(18)13(9-12)17(20)21)11-3-6-15-10(8-11)2-1-7-24(15,22)23/h3,6,8,12-14H,1-2,4-5,7,9H2,(H,20,21)/t12-,13-,14+/m1/s1. The maximum absolute atomic E-state index is 12.9. The van der Waals surface area contributed by atoms with Crippen LogP contribution < -0.4 is 0 Å². The molecule has 1 aromatic rings. The van der Waals surface area contributed by atoms with Crippen molar-refractivity contribution in [2.24, 2.45) is 5.92 Å². The van der Waals surface area contributed by atoms with Gasteiger partial charge in [0.05, 0.1) is 16.6 Å². The molecule has 3 aliphatic heterocycles. The monoisotopic (exact) mass is 349 g/mol. The molecule has 0 saturated carbocycles. The molecule has 2 fully saturated rings. The fraction of sp³-hybridized carbons (Fsp3) is 0.529. The van der Waals surface area contributed by atoms with Gasteiger partial charge in [-0.2, -0.15) is 0 Å². The van der Waals surface area contributed by atoms with Gasteiger partial charge in [-0.3, -0.25) is 9.59 Å². The summed E-state index contributed by atoms with van der Waals surface area (Å²) in [6, 6.07) is 4.53. The first kappa shape index (κ1) is 15.6. The van der Waals surface area contributed by atoms with Crippen LogP contribution in [0.3, 0.4) is 0 Å². The maximum atomic E-state index is 12.9. The van der Waals surface area contributed by atoms with Crippen molar-refractivity contribution in [3.63, 3.8) is 0 Å². The second-order valence-electron chi connectivity index (χ2n) is 6.94. The quantitative estimate of drug-likeness (QED) is 0.873. The molecule has 1 amide bonds. The van der Waals surface area contributed by atoms with Crippen LogP contribution in [0.25, 0.3) is 0 Å². The Morgan fingerprint density at radius 1 is 1.21 bits per heavy atom. The van der Waals surface area contributed by atoms with E-state index in [0.717, 1.165) is 12.8 Å². The number of hydrogen-bond acceptors (Lipinski definition) is 4. The lowest BCUT2D eigenvalue weighted by atomic mass is 9.89. The maximum Gasteiger partial charge on any atom is 0.308 e. The number of carboxylic acid groups (broad SMARTS) is 1. The van der Waals surface area contributed by atoms with E-state index in [1.54, 1.807) is 17.0 Å². The molecule has 1 N–H and O–H groups in total. The normalized spacial score (nSPS) is 30.2. The molecule has 3 aliphatic rings. The first-order valence-electron chi connectivity index (χ1n) is 8.29. The Morgan fingerprint density at radius 2 is 2.00 bits per heavy atom. The smallest absolute Gasteiger partial charge is 0.308 e. The van der Waals surface area contributed by atoms with Crippen LogP contribution in [-0.2, 0) is 21.1 Å². The molecule has 0 unspecified atom stereocenters. The molecule has 0 spiro atoms. The number of rotatable bonds is 2. The highest BCUT2D eigenvalue weighted by Crippen LogP contribution is 2.42. The zero-order valence-electron chi connectivity index (χ0n) is 13.1. The summed E-state index contributed by atoms with van der Waals surface area (Å²) in [7, 11) is -3.24. The minimum atomic E-state index is -3.24. The van der Waals surface area contributed by atoms with Gasteiger partial charge in [0.2, 0.25) is 0 Å². The van der Waals surface area contributed by atoms with Crippen molar-refractivity contribution in [2.75, 3.05) is 5.75 Å². The summed E-state index contributed by atoms with van der Waals surface area (Å²) >= 11 is 0. The van der Waals surface area contributed by atoms with E-state index in [0.29, 0.717) is 35.3 Å². The van der Waals surface area contributed by atoms with Gasteiger partial charge >= 0.3 is 5.97 Å². The van der Waals surface area contributed by atoms with Gasteiger partial charge in [0.25, 0.3) is 5.91 Å². The third-order valence-electron chi connectivity index (χ3n) is 5.59. The van der Waals surface area contributed by atoms with Crippen LogP contribution in [-0.4, -0.2) is 48.1 Å². The summed E-state index contributed by atoms with van der Waals surface area (Å²) in [6.07, 6.45) is 3.32. The van der Waals surface area contributed by atoms with Crippen LogP contribution in [0.5, 0.6) is 0 Å². The van der Waals surface area contributed by atoms with E-state index in [1.807, 2.05) is 0 Å². The van der Waals surface area contributed by atoms with E-state index in [1.165, 1.54) is 6.07 Å². The molecule has 24 heavy (non-hydrogen) atoms. The molecular formula is C17H19NO5S. The predicted octanol–water partition coefficient (Wildman–Crippen LogP) is 1.48. The number of fused-ring (bicyclic) bond motifs is 3. The first-order valence-corrected chi connectivity index (χ1v) is 9.95. The molecule has 7 heteroatoms. The van der Waals surface area contributed by atoms with Crippen molar-refractivity contribution in [3.05, 3.63) is 29.3 Å². The topological polar surface area (TPSA) is 91.8 Å². The summed E-state index contributed by atoms with van der Waals surface area (Å²) in [5, 5.41) is 9.32. The number of benzene rings is 1. The Bertz CT molecular complexity index is 831. The lowest BCUT2D eigenvalue weighted by molar-refractivity contribution is -0.142. The van der Waals surface area contributed by atoms with Crippen LogP contribution >= 0.6 is 0 Å². The number of nitrogens with zero attached hydrogens (tertiary/aromatic N) is 1. The number of aliphatic carboxylic acids is 1. The molecule has 2 saturated heterocycles. The molecule has 4 rings (SSSR count). The lowest BCUT2D eigenvalue weighted by Gasteiger charge is -2.24. The van der Waals surface area contributed by atoms with Crippen LogP contribution in [0.2, 0.25) is 0 Å². The third kappa shape index (κ3) is 2.25. The Labute approximate surface area is 140 Å². The van der Waals surface area contributed by atoms with Gasteiger partial charge in [0.15, 0.2) is 9.84 Å². The highest BCUT2D eigenvalue weighted by atomic mass is 32.2. The third-order valence-corrected chi connectivity index (χ3v) is 7.48. The van der Waals surface area contributed by atoms with Gasteiger partial charge in [0.1, 0.15) is 0 Å². The summed E-state index contributed by atoms with van der Waals surface area (Å²) in [5.74, 6) is -1.33. The van der Waals surface area contributed by atoms with Gasteiger partial charge in [-0.1, -0.05) is 0 Å². The summed E-state index contributed by atoms with van der Waals surface area (Å²) < 4.78 is 24.2.